The summed E-state index contributed by atoms with van der Waals surface area (Å²) in [6, 6.07) is 13.4. The number of carbonyl (C=O) groups is 1. The van der Waals surface area contributed by atoms with Gasteiger partial charge in [0.1, 0.15) is 29.6 Å². The highest BCUT2D eigenvalue weighted by Gasteiger charge is 2.20. The second-order valence-electron chi connectivity index (χ2n) is 7.34. The second-order valence-corrected chi connectivity index (χ2v) is 7.34. The molecule has 0 spiro atoms. The predicted molar refractivity (Wildman–Crippen MR) is 116 cm³/mol. The Kier molecular flexibility index (Phi) is 6.59. The molecule has 31 heavy (non-hydrogen) atoms. The van der Waals surface area contributed by atoms with Gasteiger partial charge in [-0.25, -0.2) is 0 Å². The third-order valence-electron chi connectivity index (χ3n) is 4.70. The van der Waals surface area contributed by atoms with E-state index in [0.717, 1.165) is 16.9 Å². The fourth-order valence-electron chi connectivity index (χ4n) is 3.05. The van der Waals surface area contributed by atoms with E-state index in [4.69, 9.17) is 13.9 Å². The van der Waals surface area contributed by atoms with Crippen molar-refractivity contribution in [3.05, 3.63) is 81.3 Å². The Hall–Kier alpha value is -3.81. The van der Waals surface area contributed by atoms with Crippen LogP contribution in [0.5, 0.6) is 11.5 Å². The number of hydrogen-bond donors (Lipinski definition) is 1. The number of nitrogens with zero attached hydrogens (tertiary/aromatic N) is 1. The van der Waals surface area contributed by atoms with E-state index in [2.05, 4.69) is 19.2 Å². The Morgan fingerprint density at radius 2 is 1.94 bits per heavy atom. The van der Waals surface area contributed by atoms with Gasteiger partial charge in [-0.2, -0.15) is 0 Å². The molecule has 8 nitrogen and oxygen atoms in total. The van der Waals surface area contributed by atoms with E-state index >= 15 is 0 Å². The molecule has 0 aliphatic rings. The Bertz CT molecular complexity index is 1100. The molecule has 0 bridgehead atoms. The summed E-state index contributed by atoms with van der Waals surface area (Å²) in [5, 5.41) is 13.8. The molecule has 1 amide bonds. The average molecular weight is 424 g/mol. The van der Waals surface area contributed by atoms with E-state index in [1.54, 1.807) is 6.07 Å². The molecule has 0 aliphatic carbocycles. The quantitative estimate of drug-likeness (QED) is 0.380. The number of aryl methyl sites for hydroxylation is 1. The van der Waals surface area contributed by atoms with Crippen LogP contribution >= 0.6 is 0 Å². The minimum absolute atomic E-state index is 0.0250. The molecule has 0 saturated carbocycles. The van der Waals surface area contributed by atoms with E-state index in [9.17, 15) is 14.9 Å². The first kappa shape index (κ1) is 21.9. The summed E-state index contributed by atoms with van der Waals surface area (Å²) in [4.78, 5) is 23.2. The van der Waals surface area contributed by atoms with Crippen molar-refractivity contribution in [2.75, 3.05) is 12.4 Å². The molecule has 3 aromatic rings. The minimum atomic E-state index is -0.599. The molecule has 3 rings (SSSR count). The van der Waals surface area contributed by atoms with Crippen LogP contribution in [0.2, 0.25) is 0 Å². The normalized spacial score (nSPS) is 10.7. The molecule has 0 fully saturated rings. The summed E-state index contributed by atoms with van der Waals surface area (Å²) in [6.07, 6.45) is 0. The predicted octanol–water partition coefficient (Wildman–Crippen LogP) is 5.46. The fourth-order valence-corrected chi connectivity index (χ4v) is 3.05. The number of anilines is 1. The van der Waals surface area contributed by atoms with Crippen molar-refractivity contribution in [1.29, 1.82) is 0 Å². The van der Waals surface area contributed by atoms with Crippen molar-refractivity contribution < 1.29 is 23.6 Å². The number of carbonyl (C=O) groups excluding carboxylic acids is 1. The SMILES string of the molecule is COc1ccc(NC(=O)c2ccc(COc3cc(C)ccc3C(C)C)o2)c([N+](=O)[O-])c1. The van der Waals surface area contributed by atoms with Gasteiger partial charge in [0.15, 0.2) is 5.76 Å². The van der Waals surface area contributed by atoms with E-state index in [1.807, 2.05) is 25.1 Å². The van der Waals surface area contributed by atoms with Gasteiger partial charge in [-0.05, 0) is 54.3 Å². The Morgan fingerprint density at radius 1 is 1.16 bits per heavy atom. The number of benzene rings is 2. The van der Waals surface area contributed by atoms with Crippen molar-refractivity contribution in [1.82, 2.24) is 0 Å². The first-order valence-electron chi connectivity index (χ1n) is 9.74. The number of amides is 1. The van der Waals surface area contributed by atoms with Crippen LogP contribution in [0.1, 0.15) is 47.2 Å². The summed E-state index contributed by atoms with van der Waals surface area (Å²) in [5.41, 5.74) is 1.94. The number of rotatable bonds is 8. The highest BCUT2D eigenvalue weighted by molar-refractivity contribution is 6.03. The van der Waals surface area contributed by atoms with E-state index < -0.39 is 10.8 Å². The molecule has 2 aromatic carbocycles. The molecular formula is C23H24N2O6. The largest absolute Gasteiger partial charge is 0.496 e. The number of ether oxygens (including phenoxy) is 2. The lowest BCUT2D eigenvalue weighted by atomic mass is 10.0. The van der Waals surface area contributed by atoms with Gasteiger partial charge >= 0.3 is 0 Å². The lowest BCUT2D eigenvalue weighted by molar-refractivity contribution is -0.384. The molecule has 8 heteroatoms. The summed E-state index contributed by atoms with van der Waals surface area (Å²) in [6.45, 7) is 6.32. The third kappa shape index (κ3) is 5.22. The van der Waals surface area contributed by atoms with Crippen molar-refractivity contribution in [2.24, 2.45) is 0 Å². The molecular weight excluding hydrogens is 400 g/mol. The maximum Gasteiger partial charge on any atom is 0.296 e. The zero-order chi connectivity index (χ0) is 22.5. The first-order chi connectivity index (χ1) is 14.8. The molecule has 1 N–H and O–H groups in total. The lowest BCUT2D eigenvalue weighted by Crippen LogP contribution is -2.12. The maximum absolute atomic E-state index is 12.5. The van der Waals surface area contributed by atoms with Crippen LogP contribution < -0.4 is 14.8 Å². The van der Waals surface area contributed by atoms with Gasteiger partial charge in [-0.15, -0.1) is 0 Å². The number of furan rings is 1. The third-order valence-corrected chi connectivity index (χ3v) is 4.70. The number of methoxy groups -OCH3 is 1. The zero-order valence-electron chi connectivity index (χ0n) is 17.8. The van der Waals surface area contributed by atoms with Crippen LogP contribution in [0.3, 0.4) is 0 Å². The number of nitro benzene ring substituents is 1. The van der Waals surface area contributed by atoms with Crippen molar-refractivity contribution in [3.8, 4) is 11.5 Å². The van der Waals surface area contributed by atoms with Crippen LogP contribution in [-0.2, 0) is 6.61 Å². The average Bonchev–Trinajstić information content (AvgIpc) is 3.21. The van der Waals surface area contributed by atoms with Gasteiger partial charge in [-0.3, -0.25) is 14.9 Å². The van der Waals surface area contributed by atoms with E-state index in [0.29, 0.717) is 17.4 Å². The smallest absolute Gasteiger partial charge is 0.296 e. The molecule has 0 aliphatic heterocycles. The Labute approximate surface area is 179 Å². The van der Waals surface area contributed by atoms with Gasteiger partial charge in [-0.1, -0.05) is 26.0 Å². The van der Waals surface area contributed by atoms with Gasteiger partial charge in [0.05, 0.1) is 18.1 Å². The highest BCUT2D eigenvalue weighted by atomic mass is 16.6. The maximum atomic E-state index is 12.5. The number of hydrogen-bond acceptors (Lipinski definition) is 6. The van der Waals surface area contributed by atoms with Crippen LogP contribution in [-0.4, -0.2) is 17.9 Å². The fraction of sp³-hybridized carbons (Fsp3) is 0.261. The molecule has 0 unspecified atom stereocenters. The lowest BCUT2D eigenvalue weighted by Gasteiger charge is -2.14. The second kappa shape index (κ2) is 9.34. The summed E-state index contributed by atoms with van der Waals surface area (Å²) < 4.78 is 16.5. The topological polar surface area (TPSA) is 104 Å². The van der Waals surface area contributed by atoms with Gasteiger partial charge in [0, 0.05) is 0 Å². The monoisotopic (exact) mass is 424 g/mol. The molecule has 0 saturated heterocycles. The molecule has 0 atom stereocenters. The van der Waals surface area contributed by atoms with Crippen molar-refractivity contribution >= 4 is 17.3 Å². The van der Waals surface area contributed by atoms with Crippen molar-refractivity contribution in [3.63, 3.8) is 0 Å². The standard InChI is InChI=1S/C23H24N2O6/c1-14(2)18-8-5-15(3)11-22(18)30-13-17-7-10-21(31-17)23(26)24-19-9-6-16(29-4)12-20(19)25(27)28/h5-12,14H,13H2,1-4H3,(H,24,26). The summed E-state index contributed by atoms with van der Waals surface area (Å²) >= 11 is 0. The van der Waals surface area contributed by atoms with Gasteiger partial charge < -0.3 is 19.2 Å². The summed E-state index contributed by atoms with van der Waals surface area (Å²) in [7, 11) is 1.41. The van der Waals surface area contributed by atoms with Crippen molar-refractivity contribution in [2.45, 2.75) is 33.3 Å². The minimum Gasteiger partial charge on any atom is -0.496 e. The summed E-state index contributed by atoms with van der Waals surface area (Å²) in [5.74, 6) is 1.28. The number of nitrogens with one attached hydrogen (secondary N) is 1. The van der Waals surface area contributed by atoms with Gasteiger partial charge in [0.2, 0.25) is 0 Å². The highest BCUT2D eigenvalue weighted by Crippen LogP contribution is 2.30. The van der Waals surface area contributed by atoms with Gasteiger partial charge in [0.25, 0.3) is 11.6 Å². The molecule has 0 radical (unpaired) electrons. The Balaban J connectivity index is 1.71. The van der Waals surface area contributed by atoms with E-state index in [-0.39, 0.29) is 23.7 Å². The van der Waals surface area contributed by atoms with E-state index in [1.165, 1.54) is 31.4 Å². The van der Waals surface area contributed by atoms with Crippen LogP contribution in [0.15, 0.2) is 52.9 Å². The molecule has 1 aromatic heterocycles. The molecule has 162 valence electrons. The number of nitro groups is 1. The van der Waals surface area contributed by atoms with Crippen LogP contribution in [0.4, 0.5) is 11.4 Å². The zero-order valence-corrected chi connectivity index (χ0v) is 17.8. The Morgan fingerprint density at radius 3 is 2.61 bits per heavy atom. The van der Waals surface area contributed by atoms with Crippen LogP contribution in [0, 0.1) is 17.0 Å². The van der Waals surface area contributed by atoms with Crippen LogP contribution in [0.25, 0.3) is 0 Å². The molecule has 1 heterocycles. The first-order valence-corrected chi connectivity index (χ1v) is 9.74.